The van der Waals surface area contributed by atoms with Crippen molar-refractivity contribution in [2.45, 2.75) is 142 Å². The molecule has 9 saturated heterocycles. The van der Waals surface area contributed by atoms with Gasteiger partial charge in [0.25, 0.3) is 0 Å². The average molecular weight is 1470 g/mol. The second kappa shape index (κ2) is 30.5. The summed E-state index contributed by atoms with van der Waals surface area (Å²) in [5.41, 5.74) is 16.6. The third-order valence-electron chi connectivity index (χ3n) is 21.0. The molecule has 6 unspecified atom stereocenters. The van der Waals surface area contributed by atoms with Gasteiger partial charge in [-0.2, -0.15) is 33.7 Å². The van der Waals surface area contributed by atoms with Crippen molar-refractivity contribution in [1.82, 2.24) is 105 Å². The number of aromatic nitrogens is 18. The van der Waals surface area contributed by atoms with Gasteiger partial charge in [0.05, 0.1) is 68.6 Å². The van der Waals surface area contributed by atoms with Gasteiger partial charge in [-0.3, -0.25) is 44.9 Å². The van der Waals surface area contributed by atoms with Crippen molar-refractivity contribution in [2.75, 3.05) is 54.0 Å². The zero-order chi connectivity index (χ0) is 75.0. The van der Waals surface area contributed by atoms with Gasteiger partial charge >= 0.3 is 6.18 Å². The minimum absolute atomic E-state index is 0.293. The zero-order valence-electron chi connectivity index (χ0n) is 61.3. The smallest absolute Gasteiger partial charge is 0.353 e. The first kappa shape index (κ1) is 71.5. The number of aryl methyl sites for hydroxylation is 6. The topological polar surface area (TPSA) is 284 Å². The van der Waals surface area contributed by atoms with Crippen LogP contribution in [0.5, 0.6) is 0 Å². The number of H-pyrrole nitrogens is 3. The van der Waals surface area contributed by atoms with E-state index in [0.29, 0.717) is 90.8 Å². The number of nitriles is 1. The number of hydrogen-bond acceptors (Lipinski definition) is 22. The molecule has 6 atom stereocenters. The predicted molar refractivity (Wildman–Crippen MR) is 401 cm³/mol. The van der Waals surface area contributed by atoms with Crippen molar-refractivity contribution >= 4 is 17.5 Å². The van der Waals surface area contributed by atoms with E-state index in [1.165, 1.54) is 31.2 Å². The van der Waals surface area contributed by atoms with Gasteiger partial charge in [-0.1, -0.05) is 0 Å². The van der Waals surface area contributed by atoms with Crippen LogP contribution in [-0.2, 0) is 45.1 Å². The molecule has 12 aromatic rings. The lowest BCUT2D eigenvalue weighted by Crippen LogP contribution is -2.68. The molecule has 0 aromatic carbocycles. The Hall–Kier alpha value is -11.7. The van der Waals surface area contributed by atoms with Crippen molar-refractivity contribution in [2.24, 2.45) is 0 Å². The maximum Gasteiger partial charge on any atom is 0.417 e. The largest absolute Gasteiger partial charge is 0.417 e. The molecule has 3 N–H and O–H groups in total. The normalized spacial score (nSPS) is 19.4. The highest BCUT2D eigenvalue weighted by molar-refractivity contribution is 5.60. The first-order valence-corrected chi connectivity index (χ1v) is 36.7. The van der Waals surface area contributed by atoms with Gasteiger partial charge in [-0.05, 0) is 170 Å². The fraction of sp³-hybridized carbons (Fsp3) is 0.350. The molecule has 21 rings (SSSR count). The van der Waals surface area contributed by atoms with Gasteiger partial charge < -0.3 is 14.7 Å². The molecule has 25 nitrogen and oxygen atoms in total. The molecule has 29 heteroatoms. The van der Waals surface area contributed by atoms with Crippen molar-refractivity contribution < 1.29 is 17.6 Å². The Balaban J connectivity index is 0.000000125. The van der Waals surface area contributed by atoms with Gasteiger partial charge in [-0.15, -0.1) is 0 Å². The van der Waals surface area contributed by atoms with Crippen molar-refractivity contribution in [1.29, 1.82) is 5.26 Å². The third kappa shape index (κ3) is 16.6. The van der Waals surface area contributed by atoms with E-state index in [4.69, 9.17) is 35.2 Å². The van der Waals surface area contributed by atoms with E-state index in [0.717, 1.165) is 185 Å². The van der Waals surface area contributed by atoms with E-state index >= 15 is 0 Å². The van der Waals surface area contributed by atoms with Crippen LogP contribution >= 0.6 is 0 Å². The monoisotopic (exact) mass is 1470 g/mol. The minimum Gasteiger partial charge on any atom is -0.353 e. The lowest BCUT2D eigenvalue weighted by Gasteiger charge is -2.56. The zero-order valence-corrected chi connectivity index (χ0v) is 61.3. The van der Waals surface area contributed by atoms with E-state index < -0.39 is 11.7 Å². The molecule has 12 aromatic heterocycles. The number of alkyl halides is 3. The molecular weight excluding hydrogens is 1390 g/mol. The highest BCUT2D eigenvalue weighted by Crippen LogP contribution is 2.39. The molecular formula is C80H81F4N25. The number of piperidine rings is 3. The quantitative estimate of drug-likeness (QED) is 0.0673. The van der Waals surface area contributed by atoms with E-state index in [1.54, 1.807) is 12.3 Å². The number of fused-ring (bicyclic) bond motifs is 6. The maximum absolute atomic E-state index is 13.2. The number of piperazine rings is 3. The Labute approximate surface area is 627 Å². The van der Waals surface area contributed by atoms with E-state index in [1.807, 2.05) is 121 Å². The van der Waals surface area contributed by atoms with Crippen LogP contribution in [0.2, 0.25) is 0 Å². The molecule has 0 spiro atoms. The Morgan fingerprint density at radius 2 is 0.734 bits per heavy atom. The highest BCUT2D eigenvalue weighted by atomic mass is 19.4. The van der Waals surface area contributed by atoms with Gasteiger partial charge in [0.15, 0.2) is 17.5 Å². The van der Waals surface area contributed by atoms with Crippen molar-refractivity contribution in [3.8, 4) is 40.2 Å². The first-order valence-electron chi connectivity index (χ1n) is 36.7. The number of halogens is 4. The SMILES string of the molecule is Cc1cc(Cc2cc(C)[nH]n2)nc(-c2ccc(N3CC4CC(C3)N4Cc3ccc(C#N)cn3)nc2)n1.Cc1cc(Cc2cc(C)[nH]n2)nc(-c2ccc(N3CC4CC(C3)N4Cc3ccc(C(F)(F)F)cn3)nc2)n1.Cc1cc(Cc2cc(C)[nH]n2)nc(-c2ccc(N3CC4CC(C3)N4Cc3ccc(F)cn3)nc2)n1. The second-order valence-electron chi connectivity index (χ2n) is 29.4. The van der Waals surface area contributed by atoms with Crippen molar-refractivity contribution in [3.05, 3.63) is 249 Å². The molecule has 0 saturated carbocycles. The number of aromatic amines is 3. The lowest BCUT2D eigenvalue weighted by atomic mass is 9.87. The number of pyridine rings is 6. The average Bonchev–Trinajstić information content (AvgIpc) is 1.37. The van der Waals surface area contributed by atoms with Crippen LogP contribution in [0, 0.1) is 58.7 Å². The van der Waals surface area contributed by atoms with E-state index in [2.05, 4.69) is 120 Å². The first-order chi connectivity index (χ1) is 52.7. The number of anilines is 3. The van der Waals surface area contributed by atoms with Crippen LogP contribution in [0.25, 0.3) is 34.2 Å². The predicted octanol–water partition coefficient (Wildman–Crippen LogP) is 11.0. The highest BCUT2D eigenvalue weighted by Gasteiger charge is 2.47. The van der Waals surface area contributed by atoms with Gasteiger partial charge in [0.1, 0.15) is 29.3 Å². The van der Waals surface area contributed by atoms with Gasteiger partial charge in [0, 0.05) is 196 Å². The Bertz CT molecular complexity index is 5180. The van der Waals surface area contributed by atoms with Crippen LogP contribution < -0.4 is 14.7 Å². The molecule has 9 aliphatic heterocycles. The molecule has 554 valence electrons. The van der Waals surface area contributed by atoms with Gasteiger partial charge in [0.2, 0.25) is 0 Å². The molecule has 9 fully saturated rings. The van der Waals surface area contributed by atoms with Crippen LogP contribution in [0.15, 0.2) is 146 Å². The third-order valence-corrected chi connectivity index (χ3v) is 21.0. The Morgan fingerprint density at radius 3 is 1.01 bits per heavy atom. The fourth-order valence-electron chi connectivity index (χ4n) is 15.7. The molecule has 0 radical (unpaired) electrons. The Morgan fingerprint density at radius 1 is 0.385 bits per heavy atom. The number of hydrogen-bond donors (Lipinski definition) is 3. The van der Waals surface area contributed by atoms with E-state index in [9.17, 15) is 17.6 Å². The molecule has 21 heterocycles. The van der Waals surface area contributed by atoms with Crippen LogP contribution in [0.4, 0.5) is 35.0 Å². The number of nitrogens with one attached hydrogen (secondary N) is 3. The number of rotatable bonds is 18. The second-order valence-corrected chi connectivity index (χ2v) is 29.4. The fourth-order valence-corrected chi connectivity index (χ4v) is 15.7. The summed E-state index contributed by atoms with van der Waals surface area (Å²) in [6.07, 6.45) is 10.5. The standard InChI is InChI=1S/C27H27F3N8.C27H27N9.C26H27FN8/c1-16-7-21(9-22-8-17(2)35-36-22)34-26(33-16)18-3-6-25(32-11-18)37-14-23-10-24(15-37)38(23)13-20-5-4-19(12-31-20)27(28,29)30;1-17-7-22(9-23-8-18(2)33-34-23)32-27(31-17)20-4-6-26(30-13-20)35-15-24-10-25(16-35)36(24)14-21-5-3-19(11-28)12-29-21;1-16-7-21(9-22-8-17(2)32-33-22)31-26(30-16)18-3-6-25(29-11-18)34-14-23-10-24(15-34)35(23)13-20-5-4-19(27)12-28-20/h3-8,11-12,23-24H,9-10,13-15H2,1-2H3,(H,35,36);3-8,12-13,24-25H,9-10,14-16H2,1-2H3,(H,33,34);3-8,11-12,23-24H,9-10,13-15H2,1-2H3,(H,32,33). The van der Waals surface area contributed by atoms with Crippen LogP contribution in [0.1, 0.15) is 116 Å². The van der Waals surface area contributed by atoms with Crippen LogP contribution in [-0.4, -0.2) is 181 Å². The lowest BCUT2D eigenvalue weighted by molar-refractivity contribution is -0.137. The molecule has 109 heavy (non-hydrogen) atoms. The summed E-state index contributed by atoms with van der Waals surface area (Å²) in [5.74, 6) is 4.59. The molecule has 6 bridgehead atoms. The van der Waals surface area contributed by atoms with Crippen molar-refractivity contribution in [3.63, 3.8) is 0 Å². The summed E-state index contributed by atoms with van der Waals surface area (Å²) < 4.78 is 51.6. The molecule has 0 aliphatic carbocycles. The maximum atomic E-state index is 13.2. The summed E-state index contributed by atoms with van der Waals surface area (Å²) in [7, 11) is 0. The summed E-state index contributed by atoms with van der Waals surface area (Å²) >= 11 is 0. The molecule has 0 amide bonds. The minimum atomic E-state index is -4.37. The Kier molecular flexibility index (Phi) is 20.0. The summed E-state index contributed by atoms with van der Waals surface area (Å²) in [6.45, 7) is 19.4. The van der Waals surface area contributed by atoms with Gasteiger partial charge in [-0.25, -0.2) is 49.2 Å². The summed E-state index contributed by atoms with van der Waals surface area (Å²) in [6, 6.07) is 38.7. The van der Waals surface area contributed by atoms with E-state index in [-0.39, 0.29) is 5.82 Å². The molecule has 9 aliphatic rings. The number of nitrogens with zero attached hydrogens (tertiary/aromatic N) is 22. The summed E-state index contributed by atoms with van der Waals surface area (Å²) in [5, 5.41) is 30.9. The van der Waals surface area contributed by atoms with Crippen LogP contribution in [0.3, 0.4) is 0 Å². The summed E-state index contributed by atoms with van der Waals surface area (Å²) in [4.78, 5) is 69.4.